The highest BCUT2D eigenvalue weighted by Crippen LogP contribution is 2.37. The normalized spacial score (nSPS) is 21.2. The van der Waals surface area contributed by atoms with Crippen molar-refractivity contribution in [2.75, 3.05) is 0 Å². The Morgan fingerprint density at radius 2 is 2.12 bits per heavy atom. The third-order valence-electron chi connectivity index (χ3n) is 3.14. The fourth-order valence-corrected chi connectivity index (χ4v) is 2.25. The highest BCUT2D eigenvalue weighted by molar-refractivity contribution is 5.22. The fourth-order valence-electron chi connectivity index (χ4n) is 2.25. The van der Waals surface area contributed by atoms with Crippen LogP contribution in [0.5, 0.6) is 0 Å². The second kappa shape index (κ2) is 3.79. The van der Waals surface area contributed by atoms with Crippen molar-refractivity contribution in [3.8, 4) is 0 Å². The van der Waals surface area contributed by atoms with E-state index in [1.54, 1.807) is 10.9 Å². The fraction of sp³-hybridized carbons (Fsp3) is 0.727. The first-order chi connectivity index (χ1) is 7.39. The van der Waals surface area contributed by atoms with Gasteiger partial charge in [0.05, 0.1) is 12.1 Å². The molecule has 0 radical (unpaired) electrons. The van der Waals surface area contributed by atoms with Crippen molar-refractivity contribution < 1.29 is 13.2 Å². The average molecular weight is 232 g/mol. The number of halogens is 3. The Morgan fingerprint density at radius 3 is 2.69 bits per heavy atom. The van der Waals surface area contributed by atoms with Crippen LogP contribution in [-0.2, 0) is 12.8 Å². The van der Waals surface area contributed by atoms with Crippen LogP contribution in [0.4, 0.5) is 13.2 Å². The number of fused-ring (bicyclic) bond motifs is 1. The van der Waals surface area contributed by atoms with Crippen molar-refractivity contribution in [2.45, 2.75) is 45.3 Å². The minimum atomic E-state index is -4.08. The Labute approximate surface area is 92.4 Å². The maximum Gasteiger partial charge on any atom is 0.392 e. The Balaban J connectivity index is 2.28. The predicted molar refractivity (Wildman–Crippen MR) is 54.2 cm³/mol. The predicted octanol–water partition coefficient (Wildman–Crippen LogP) is 3.13. The summed E-state index contributed by atoms with van der Waals surface area (Å²) in [6, 6.07) is 0.121. The monoisotopic (exact) mass is 232 g/mol. The lowest BCUT2D eigenvalue weighted by atomic mass is 9.87. The zero-order chi connectivity index (χ0) is 11.9. The molecule has 90 valence electrons. The van der Waals surface area contributed by atoms with Gasteiger partial charge in [-0.2, -0.15) is 18.3 Å². The SMILES string of the molecule is CC(C)n1ncc2c1C[C@H](C(F)(F)F)CC2. The first kappa shape index (κ1) is 11.5. The lowest BCUT2D eigenvalue weighted by Crippen LogP contribution is -2.30. The quantitative estimate of drug-likeness (QED) is 0.727. The topological polar surface area (TPSA) is 17.8 Å². The molecule has 1 aliphatic carbocycles. The van der Waals surface area contributed by atoms with E-state index in [1.807, 2.05) is 13.8 Å². The molecular formula is C11H15F3N2. The van der Waals surface area contributed by atoms with Crippen molar-refractivity contribution >= 4 is 0 Å². The molecule has 0 amide bonds. The van der Waals surface area contributed by atoms with E-state index in [2.05, 4.69) is 5.10 Å². The summed E-state index contributed by atoms with van der Waals surface area (Å²) < 4.78 is 39.6. The molecule has 1 aromatic rings. The highest BCUT2D eigenvalue weighted by Gasteiger charge is 2.42. The van der Waals surface area contributed by atoms with Crippen molar-refractivity contribution in [3.05, 3.63) is 17.5 Å². The van der Waals surface area contributed by atoms with Gasteiger partial charge in [0.25, 0.3) is 0 Å². The van der Waals surface area contributed by atoms with Crippen molar-refractivity contribution in [1.82, 2.24) is 9.78 Å². The van der Waals surface area contributed by atoms with E-state index in [0.717, 1.165) is 11.3 Å². The van der Waals surface area contributed by atoms with E-state index in [1.165, 1.54) is 0 Å². The zero-order valence-electron chi connectivity index (χ0n) is 9.38. The zero-order valence-corrected chi connectivity index (χ0v) is 9.38. The minimum Gasteiger partial charge on any atom is -0.267 e. The van der Waals surface area contributed by atoms with Gasteiger partial charge < -0.3 is 0 Å². The van der Waals surface area contributed by atoms with E-state index < -0.39 is 12.1 Å². The standard InChI is InChI=1S/C11H15F3N2/c1-7(2)16-10-5-9(11(12,13)14)4-3-8(10)6-15-16/h6-7,9H,3-5H2,1-2H3/t9-/m1/s1. The van der Waals surface area contributed by atoms with Crippen LogP contribution in [0, 0.1) is 5.92 Å². The Morgan fingerprint density at radius 1 is 1.44 bits per heavy atom. The molecule has 1 aromatic heterocycles. The number of nitrogens with zero attached hydrogens (tertiary/aromatic N) is 2. The molecule has 2 rings (SSSR count). The van der Waals surface area contributed by atoms with E-state index in [4.69, 9.17) is 0 Å². The van der Waals surface area contributed by atoms with E-state index in [0.29, 0.717) is 6.42 Å². The number of aryl methyl sites for hydroxylation is 1. The largest absolute Gasteiger partial charge is 0.392 e. The molecule has 2 nitrogen and oxygen atoms in total. The smallest absolute Gasteiger partial charge is 0.267 e. The average Bonchev–Trinajstić information content (AvgIpc) is 2.58. The Kier molecular flexibility index (Phi) is 2.72. The van der Waals surface area contributed by atoms with Gasteiger partial charge in [0.2, 0.25) is 0 Å². The molecule has 0 aliphatic heterocycles. The van der Waals surface area contributed by atoms with Crippen molar-refractivity contribution in [3.63, 3.8) is 0 Å². The number of rotatable bonds is 1. The molecule has 5 heteroatoms. The molecule has 1 aliphatic rings. The number of hydrogen-bond acceptors (Lipinski definition) is 1. The molecule has 0 spiro atoms. The van der Waals surface area contributed by atoms with Gasteiger partial charge in [0, 0.05) is 18.2 Å². The summed E-state index contributed by atoms with van der Waals surface area (Å²) in [7, 11) is 0. The van der Waals surface area contributed by atoms with Gasteiger partial charge in [-0.1, -0.05) is 0 Å². The van der Waals surface area contributed by atoms with Crippen LogP contribution in [-0.4, -0.2) is 16.0 Å². The number of aromatic nitrogens is 2. The maximum atomic E-state index is 12.6. The van der Waals surface area contributed by atoms with Crippen molar-refractivity contribution in [1.29, 1.82) is 0 Å². The molecule has 1 atom stereocenters. The third kappa shape index (κ3) is 1.95. The molecular weight excluding hydrogens is 217 g/mol. The molecule has 0 aromatic carbocycles. The minimum absolute atomic E-state index is 0.0804. The summed E-state index contributed by atoms with van der Waals surface area (Å²) >= 11 is 0. The van der Waals surface area contributed by atoms with Crippen LogP contribution in [0.2, 0.25) is 0 Å². The first-order valence-electron chi connectivity index (χ1n) is 5.51. The summed E-state index contributed by atoms with van der Waals surface area (Å²) in [6.07, 6.45) is -1.60. The van der Waals surface area contributed by atoms with Crippen LogP contribution < -0.4 is 0 Å². The van der Waals surface area contributed by atoms with Crippen LogP contribution in [0.3, 0.4) is 0 Å². The molecule has 0 bridgehead atoms. The van der Waals surface area contributed by atoms with Gasteiger partial charge in [0.1, 0.15) is 0 Å². The molecule has 0 saturated carbocycles. The molecule has 16 heavy (non-hydrogen) atoms. The first-order valence-corrected chi connectivity index (χ1v) is 5.51. The summed E-state index contributed by atoms with van der Waals surface area (Å²) in [6.45, 7) is 3.87. The molecule has 0 saturated heterocycles. The van der Waals surface area contributed by atoms with Crippen LogP contribution in [0.15, 0.2) is 6.20 Å². The van der Waals surface area contributed by atoms with E-state index in [9.17, 15) is 13.2 Å². The summed E-state index contributed by atoms with van der Waals surface area (Å²) in [4.78, 5) is 0. The second-order valence-electron chi connectivity index (χ2n) is 4.64. The van der Waals surface area contributed by atoms with E-state index in [-0.39, 0.29) is 18.9 Å². The van der Waals surface area contributed by atoms with Crippen LogP contribution in [0.1, 0.15) is 37.6 Å². The highest BCUT2D eigenvalue weighted by atomic mass is 19.4. The van der Waals surface area contributed by atoms with Crippen LogP contribution in [0.25, 0.3) is 0 Å². The lowest BCUT2D eigenvalue weighted by molar-refractivity contribution is -0.177. The third-order valence-corrected chi connectivity index (χ3v) is 3.14. The number of hydrogen-bond donors (Lipinski definition) is 0. The summed E-state index contributed by atoms with van der Waals surface area (Å²) in [5.41, 5.74) is 1.75. The number of alkyl halides is 3. The van der Waals surface area contributed by atoms with E-state index >= 15 is 0 Å². The molecule has 0 unspecified atom stereocenters. The molecule has 1 heterocycles. The molecule has 0 fully saturated rings. The van der Waals surface area contributed by atoms with Gasteiger partial charge >= 0.3 is 6.18 Å². The van der Waals surface area contributed by atoms with Gasteiger partial charge in [-0.05, 0) is 32.3 Å². The maximum absolute atomic E-state index is 12.6. The Hall–Kier alpha value is -1.00. The second-order valence-corrected chi connectivity index (χ2v) is 4.64. The Bertz CT molecular complexity index is 379. The van der Waals surface area contributed by atoms with Crippen molar-refractivity contribution in [2.24, 2.45) is 5.92 Å². The summed E-state index contributed by atoms with van der Waals surface area (Å²) in [5.74, 6) is -1.20. The van der Waals surface area contributed by atoms with Gasteiger partial charge in [-0.3, -0.25) is 4.68 Å². The van der Waals surface area contributed by atoms with Crippen LogP contribution >= 0.6 is 0 Å². The van der Waals surface area contributed by atoms with Gasteiger partial charge in [-0.15, -0.1) is 0 Å². The summed E-state index contributed by atoms with van der Waals surface area (Å²) in [5, 5.41) is 4.16. The lowest BCUT2D eigenvalue weighted by Gasteiger charge is -2.26. The van der Waals surface area contributed by atoms with Gasteiger partial charge in [0.15, 0.2) is 0 Å². The van der Waals surface area contributed by atoms with Gasteiger partial charge in [-0.25, -0.2) is 0 Å². The molecule has 0 N–H and O–H groups in total.